The first-order chi connectivity index (χ1) is 15.0. The maximum atomic E-state index is 13.4. The number of aryl methyl sites for hydroxylation is 3. The molecule has 1 aliphatic carbocycles. The van der Waals surface area contributed by atoms with Crippen LogP contribution in [0.25, 0.3) is 10.2 Å². The van der Waals surface area contributed by atoms with Gasteiger partial charge >= 0.3 is 0 Å². The molecule has 3 aromatic rings. The van der Waals surface area contributed by atoms with Crippen molar-refractivity contribution in [1.82, 2.24) is 14.9 Å². The van der Waals surface area contributed by atoms with Crippen LogP contribution in [0.4, 0.5) is 4.39 Å². The third-order valence-corrected chi connectivity index (χ3v) is 8.30. The highest BCUT2D eigenvalue weighted by atomic mass is 32.2. The first-order valence-electron chi connectivity index (χ1n) is 10.6. The molecule has 2 aliphatic rings. The fourth-order valence-corrected chi connectivity index (χ4v) is 7.03. The van der Waals surface area contributed by atoms with Gasteiger partial charge in [-0.2, -0.15) is 0 Å². The number of hydrogen-bond donors (Lipinski definition) is 0. The Labute approximate surface area is 188 Å². The number of carbonyl (C=O) groups is 2. The molecule has 8 heteroatoms. The van der Waals surface area contributed by atoms with Crippen molar-refractivity contribution in [2.45, 2.75) is 55.7 Å². The zero-order valence-corrected chi connectivity index (χ0v) is 18.8. The molecule has 0 spiro atoms. The van der Waals surface area contributed by atoms with Crippen LogP contribution in [0.15, 0.2) is 29.3 Å². The number of thioether (sulfide) groups is 1. The Kier molecular flexibility index (Phi) is 5.52. The zero-order chi connectivity index (χ0) is 21.5. The predicted octanol–water partition coefficient (Wildman–Crippen LogP) is 4.94. The lowest BCUT2D eigenvalue weighted by Gasteiger charge is -2.22. The zero-order valence-electron chi connectivity index (χ0n) is 17.2. The Bertz CT molecular complexity index is 1180. The number of aromatic nitrogens is 2. The van der Waals surface area contributed by atoms with Crippen LogP contribution in [0.3, 0.4) is 0 Å². The molecule has 0 N–H and O–H groups in total. The average molecular weight is 456 g/mol. The summed E-state index contributed by atoms with van der Waals surface area (Å²) in [5, 5.41) is 1.58. The number of hydrogen-bond acceptors (Lipinski definition) is 6. The van der Waals surface area contributed by atoms with E-state index in [1.807, 2.05) is 6.92 Å². The van der Waals surface area contributed by atoms with Crippen LogP contribution in [0.5, 0.6) is 0 Å². The van der Waals surface area contributed by atoms with E-state index >= 15 is 0 Å². The SMILES string of the molecule is Cc1nc(SC2CCCCN(C(=O)c3ccc(F)cc3)C2=O)c2c3c(sc2n1)CCC3. The molecule has 1 saturated heterocycles. The molecule has 1 atom stereocenters. The van der Waals surface area contributed by atoms with Crippen LogP contribution in [0, 0.1) is 12.7 Å². The van der Waals surface area contributed by atoms with Gasteiger partial charge in [-0.25, -0.2) is 14.4 Å². The highest BCUT2D eigenvalue weighted by Gasteiger charge is 2.33. The Morgan fingerprint density at radius 1 is 1.16 bits per heavy atom. The maximum absolute atomic E-state index is 13.4. The number of halogens is 1. The second-order valence-corrected chi connectivity index (χ2v) is 10.3. The number of amides is 2. The van der Waals surface area contributed by atoms with Gasteiger partial charge in [0.15, 0.2) is 0 Å². The molecule has 1 aromatic carbocycles. The summed E-state index contributed by atoms with van der Waals surface area (Å²) in [6, 6.07) is 5.37. The molecule has 1 unspecified atom stereocenters. The van der Waals surface area contributed by atoms with Crippen molar-refractivity contribution < 1.29 is 14.0 Å². The van der Waals surface area contributed by atoms with Crippen molar-refractivity contribution in [1.29, 1.82) is 0 Å². The molecule has 0 saturated carbocycles. The van der Waals surface area contributed by atoms with Gasteiger partial charge in [-0.05, 0) is 68.9 Å². The van der Waals surface area contributed by atoms with Gasteiger partial charge in [0.1, 0.15) is 21.5 Å². The first-order valence-corrected chi connectivity index (χ1v) is 12.3. The van der Waals surface area contributed by atoms with Crippen LogP contribution in [-0.4, -0.2) is 38.5 Å². The van der Waals surface area contributed by atoms with E-state index in [9.17, 15) is 14.0 Å². The summed E-state index contributed by atoms with van der Waals surface area (Å²) < 4.78 is 13.3. The first kappa shape index (κ1) is 20.6. The fourth-order valence-electron chi connectivity index (χ4n) is 4.35. The van der Waals surface area contributed by atoms with E-state index in [-0.39, 0.29) is 17.1 Å². The predicted molar refractivity (Wildman–Crippen MR) is 120 cm³/mol. The lowest BCUT2D eigenvalue weighted by molar-refractivity contribution is -0.127. The number of likely N-dealkylation sites (tertiary alicyclic amines) is 1. The quantitative estimate of drug-likeness (QED) is 0.413. The van der Waals surface area contributed by atoms with Gasteiger partial charge in [-0.1, -0.05) is 18.2 Å². The molecule has 2 aromatic heterocycles. The molecule has 5 rings (SSSR count). The molecule has 0 bridgehead atoms. The monoisotopic (exact) mass is 455 g/mol. The fraction of sp³-hybridized carbons (Fsp3) is 0.391. The molecule has 31 heavy (non-hydrogen) atoms. The van der Waals surface area contributed by atoms with Crippen molar-refractivity contribution in [2.75, 3.05) is 6.54 Å². The van der Waals surface area contributed by atoms with Gasteiger partial charge in [0, 0.05) is 22.4 Å². The molecular weight excluding hydrogens is 433 g/mol. The smallest absolute Gasteiger partial charge is 0.260 e. The number of imide groups is 1. The molecule has 0 radical (unpaired) electrons. The third kappa shape index (κ3) is 3.87. The topological polar surface area (TPSA) is 63.2 Å². The summed E-state index contributed by atoms with van der Waals surface area (Å²) in [5.41, 5.74) is 1.67. The summed E-state index contributed by atoms with van der Waals surface area (Å²) in [6.07, 6.45) is 5.60. The Hall–Kier alpha value is -2.32. The lowest BCUT2D eigenvalue weighted by Crippen LogP contribution is -2.41. The van der Waals surface area contributed by atoms with Gasteiger partial charge in [0.05, 0.1) is 5.25 Å². The number of nitrogens with zero attached hydrogens (tertiary/aromatic N) is 3. The van der Waals surface area contributed by atoms with Crippen molar-refractivity contribution in [2.24, 2.45) is 0 Å². The number of fused-ring (bicyclic) bond motifs is 3. The van der Waals surface area contributed by atoms with Gasteiger partial charge < -0.3 is 0 Å². The molecular formula is C23H22FN3O2S2. The summed E-state index contributed by atoms with van der Waals surface area (Å²) in [4.78, 5) is 39.5. The van der Waals surface area contributed by atoms with E-state index in [2.05, 4.69) is 4.98 Å². The second kappa shape index (κ2) is 8.31. The van der Waals surface area contributed by atoms with Crippen LogP contribution in [0.2, 0.25) is 0 Å². The minimum atomic E-state index is -0.404. The minimum absolute atomic E-state index is 0.187. The van der Waals surface area contributed by atoms with Crippen LogP contribution in [-0.2, 0) is 17.6 Å². The van der Waals surface area contributed by atoms with E-state index in [1.165, 1.54) is 51.4 Å². The summed E-state index contributed by atoms with van der Waals surface area (Å²) in [7, 11) is 0. The average Bonchev–Trinajstić information content (AvgIpc) is 3.28. The van der Waals surface area contributed by atoms with Gasteiger partial charge in [0.2, 0.25) is 5.91 Å². The number of carbonyl (C=O) groups excluding carboxylic acids is 2. The van der Waals surface area contributed by atoms with E-state index < -0.39 is 5.82 Å². The summed E-state index contributed by atoms with van der Waals surface area (Å²) >= 11 is 3.21. The summed E-state index contributed by atoms with van der Waals surface area (Å²) in [6.45, 7) is 2.27. The normalized spacial score (nSPS) is 19.0. The molecule has 1 aliphatic heterocycles. The molecule has 160 valence electrons. The largest absolute Gasteiger partial charge is 0.278 e. The number of thiophene rings is 1. The van der Waals surface area contributed by atoms with Crippen molar-refractivity contribution in [3.8, 4) is 0 Å². The van der Waals surface area contributed by atoms with E-state index in [0.717, 1.165) is 47.3 Å². The van der Waals surface area contributed by atoms with Crippen molar-refractivity contribution >= 4 is 45.1 Å². The van der Waals surface area contributed by atoms with Gasteiger partial charge in [0.25, 0.3) is 5.91 Å². The Morgan fingerprint density at radius 2 is 1.97 bits per heavy atom. The minimum Gasteiger partial charge on any atom is -0.278 e. The van der Waals surface area contributed by atoms with Crippen LogP contribution >= 0.6 is 23.1 Å². The number of benzene rings is 1. The van der Waals surface area contributed by atoms with Gasteiger partial charge in [-0.3, -0.25) is 14.5 Å². The standard InChI is InChI=1S/C23H22FN3O2S2/c1-13-25-20-19(16-5-4-7-17(16)30-20)21(26-13)31-18-6-2-3-12-27(23(18)29)22(28)14-8-10-15(24)11-9-14/h8-11,18H,2-7,12H2,1H3. The third-order valence-electron chi connectivity index (χ3n) is 5.87. The van der Waals surface area contributed by atoms with E-state index in [1.54, 1.807) is 11.3 Å². The van der Waals surface area contributed by atoms with Crippen LogP contribution < -0.4 is 0 Å². The van der Waals surface area contributed by atoms with Gasteiger partial charge in [-0.15, -0.1) is 11.3 Å². The lowest BCUT2D eigenvalue weighted by atomic mass is 10.2. The van der Waals surface area contributed by atoms with E-state index in [4.69, 9.17) is 4.98 Å². The Balaban J connectivity index is 1.46. The number of rotatable bonds is 3. The van der Waals surface area contributed by atoms with E-state index in [0.29, 0.717) is 24.4 Å². The highest BCUT2D eigenvalue weighted by molar-refractivity contribution is 8.00. The molecule has 3 heterocycles. The highest BCUT2D eigenvalue weighted by Crippen LogP contribution is 2.42. The molecule has 2 amide bonds. The summed E-state index contributed by atoms with van der Waals surface area (Å²) in [5.74, 6) is -0.250. The molecule has 1 fully saturated rings. The van der Waals surface area contributed by atoms with Crippen molar-refractivity contribution in [3.05, 3.63) is 51.9 Å². The van der Waals surface area contributed by atoms with Crippen LogP contribution in [0.1, 0.15) is 52.3 Å². The Morgan fingerprint density at radius 3 is 2.77 bits per heavy atom. The maximum Gasteiger partial charge on any atom is 0.260 e. The molecule has 5 nitrogen and oxygen atoms in total. The second-order valence-electron chi connectivity index (χ2n) is 8.02. The van der Waals surface area contributed by atoms with Crippen molar-refractivity contribution in [3.63, 3.8) is 0 Å².